The Labute approximate surface area is 267 Å². The molecule has 8 rings (SSSR count). The third-order valence-electron chi connectivity index (χ3n) is 8.51. The van der Waals surface area contributed by atoms with E-state index in [2.05, 4.69) is 137 Å². The van der Waals surface area contributed by atoms with Gasteiger partial charge in [0.25, 0.3) is 0 Å². The van der Waals surface area contributed by atoms with E-state index in [4.69, 9.17) is 9.15 Å². The van der Waals surface area contributed by atoms with Crippen molar-refractivity contribution in [3.05, 3.63) is 164 Å². The van der Waals surface area contributed by atoms with E-state index < -0.39 is 0 Å². The summed E-state index contributed by atoms with van der Waals surface area (Å²) in [7, 11) is 1.69. The van der Waals surface area contributed by atoms with Crippen LogP contribution in [0.25, 0.3) is 55.3 Å². The maximum Gasteiger partial charge on any atom is 0.135 e. The van der Waals surface area contributed by atoms with Crippen LogP contribution in [0.4, 0.5) is 17.1 Å². The van der Waals surface area contributed by atoms with Crippen molar-refractivity contribution in [3.8, 4) is 39.1 Å². The van der Waals surface area contributed by atoms with Gasteiger partial charge in [-0.15, -0.1) is 0 Å². The summed E-state index contributed by atoms with van der Waals surface area (Å²) < 4.78 is 11.7. The largest absolute Gasteiger partial charge is 0.496 e. The molecule has 0 aliphatic heterocycles. The van der Waals surface area contributed by atoms with E-state index in [0.29, 0.717) is 0 Å². The van der Waals surface area contributed by atoms with Gasteiger partial charge in [-0.2, -0.15) is 0 Å². The maximum atomic E-state index is 6.15. The second-order valence-electron chi connectivity index (χ2n) is 11.2. The summed E-state index contributed by atoms with van der Waals surface area (Å²) in [5.74, 6) is 0.811. The van der Waals surface area contributed by atoms with Crippen LogP contribution in [0, 0.1) is 0 Å². The van der Waals surface area contributed by atoms with Crippen LogP contribution in [0.3, 0.4) is 0 Å². The molecular formula is C42H30N2O2. The fourth-order valence-electron chi connectivity index (χ4n) is 6.16. The standard InChI is InChI=1S/C42H30N2O2/c1-45-40-25-26-43-28-39(40)33-13-11-30(12-14-33)32-17-21-35(22-18-32)44(34-19-15-31(16-20-34)29-7-3-2-4-8-29)36-23-24-42-38(27-36)37-9-5-6-10-41(37)46-42/h2-28H,1H3. The second kappa shape index (κ2) is 11.8. The van der Waals surface area contributed by atoms with Crippen molar-refractivity contribution >= 4 is 39.0 Å². The zero-order valence-corrected chi connectivity index (χ0v) is 25.3. The van der Waals surface area contributed by atoms with Crippen LogP contribution in [0.15, 0.2) is 168 Å². The fourth-order valence-corrected chi connectivity index (χ4v) is 6.16. The van der Waals surface area contributed by atoms with Crippen LogP contribution in [0.1, 0.15) is 0 Å². The first kappa shape index (κ1) is 27.4. The van der Waals surface area contributed by atoms with E-state index in [9.17, 15) is 0 Å². The predicted octanol–water partition coefficient (Wildman–Crippen LogP) is 11.5. The molecule has 0 bridgehead atoms. The Balaban J connectivity index is 1.17. The molecule has 0 saturated heterocycles. The first-order chi connectivity index (χ1) is 22.7. The van der Waals surface area contributed by atoms with Gasteiger partial charge in [-0.3, -0.25) is 4.98 Å². The number of rotatable bonds is 7. The molecular weight excluding hydrogens is 564 g/mol. The number of anilines is 3. The second-order valence-corrected chi connectivity index (χ2v) is 11.2. The molecule has 0 unspecified atom stereocenters. The number of hydrogen-bond donors (Lipinski definition) is 0. The van der Waals surface area contributed by atoms with Crippen molar-refractivity contribution in [1.29, 1.82) is 0 Å². The SMILES string of the molecule is COc1ccncc1-c1ccc(-c2ccc(N(c3ccc(-c4ccccc4)cc3)c3ccc4oc5ccccc5c4c3)cc2)cc1. The molecule has 6 aromatic carbocycles. The molecule has 8 aromatic rings. The third kappa shape index (κ3) is 5.06. The lowest BCUT2D eigenvalue weighted by Gasteiger charge is -2.26. The van der Waals surface area contributed by atoms with Gasteiger partial charge in [0.15, 0.2) is 0 Å². The van der Waals surface area contributed by atoms with Crippen molar-refractivity contribution in [1.82, 2.24) is 4.98 Å². The van der Waals surface area contributed by atoms with Gasteiger partial charge in [-0.25, -0.2) is 0 Å². The van der Waals surface area contributed by atoms with Gasteiger partial charge < -0.3 is 14.1 Å². The molecule has 0 saturated carbocycles. The smallest absolute Gasteiger partial charge is 0.135 e. The van der Waals surface area contributed by atoms with Crippen LogP contribution < -0.4 is 9.64 Å². The Kier molecular flexibility index (Phi) is 7.01. The van der Waals surface area contributed by atoms with E-state index in [-0.39, 0.29) is 0 Å². The van der Waals surface area contributed by atoms with E-state index in [1.807, 2.05) is 30.5 Å². The molecule has 0 aliphatic carbocycles. The van der Waals surface area contributed by atoms with Crippen molar-refractivity contribution in [2.24, 2.45) is 0 Å². The molecule has 0 atom stereocenters. The van der Waals surface area contributed by atoms with E-state index >= 15 is 0 Å². The van der Waals surface area contributed by atoms with Gasteiger partial charge >= 0.3 is 0 Å². The van der Waals surface area contributed by atoms with E-state index in [0.717, 1.165) is 67.0 Å². The molecule has 46 heavy (non-hydrogen) atoms. The zero-order valence-electron chi connectivity index (χ0n) is 25.3. The number of furan rings is 1. The zero-order chi connectivity index (χ0) is 30.9. The lowest BCUT2D eigenvalue weighted by atomic mass is 10.00. The average Bonchev–Trinajstić information content (AvgIpc) is 3.51. The van der Waals surface area contributed by atoms with Crippen LogP contribution in [0.2, 0.25) is 0 Å². The number of nitrogens with zero attached hydrogens (tertiary/aromatic N) is 2. The first-order valence-corrected chi connectivity index (χ1v) is 15.3. The Morgan fingerprint density at radius 2 is 1.04 bits per heavy atom. The molecule has 2 aromatic heterocycles. The average molecular weight is 595 g/mol. The first-order valence-electron chi connectivity index (χ1n) is 15.3. The van der Waals surface area contributed by atoms with Crippen LogP contribution in [-0.2, 0) is 0 Å². The predicted molar refractivity (Wildman–Crippen MR) is 189 cm³/mol. The Hall–Kier alpha value is -6.13. The molecule has 0 N–H and O–H groups in total. The van der Waals surface area contributed by atoms with Crippen LogP contribution in [0.5, 0.6) is 5.75 Å². The molecule has 0 fully saturated rings. The van der Waals surface area contributed by atoms with Gasteiger partial charge in [0.2, 0.25) is 0 Å². The van der Waals surface area contributed by atoms with Crippen molar-refractivity contribution in [2.75, 3.05) is 12.0 Å². The third-order valence-corrected chi connectivity index (χ3v) is 8.51. The topological polar surface area (TPSA) is 38.5 Å². The van der Waals surface area contributed by atoms with Crippen LogP contribution >= 0.6 is 0 Å². The fraction of sp³-hybridized carbons (Fsp3) is 0.0238. The summed E-state index contributed by atoms with van der Waals surface area (Å²) in [5, 5.41) is 2.21. The minimum Gasteiger partial charge on any atom is -0.496 e. The molecule has 220 valence electrons. The summed E-state index contributed by atoms with van der Waals surface area (Å²) in [5.41, 5.74) is 11.7. The molecule has 0 spiro atoms. The minimum absolute atomic E-state index is 0.811. The number of aromatic nitrogens is 1. The molecule has 4 heteroatoms. The van der Waals surface area contributed by atoms with Gasteiger partial charge in [-0.1, -0.05) is 97.1 Å². The number of ether oxygens (including phenoxy) is 1. The highest BCUT2D eigenvalue weighted by Crippen LogP contribution is 2.40. The lowest BCUT2D eigenvalue weighted by Crippen LogP contribution is -2.09. The molecule has 0 radical (unpaired) electrons. The lowest BCUT2D eigenvalue weighted by molar-refractivity contribution is 0.416. The monoisotopic (exact) mass is 594 g/mol. The molecule has 0 amide bonds. The maximum absolute atomic E-state index is 6.15. The van der Waals surface area contributed by atoms with Crippen LogP contribution in [-0.4, -0.2) is 12.1 Å². The molecule has 4 nitrogen and oxygen atoms in total. The van der Waals surface area contributed by atoms with E-state index in [1.165, 1.54) is 11.1 Å². The quantitative estimate of drug-likeness (QED) is 0.184. The number of methoxy groups -OCH3 is 1. The van der Waals surface area contributed by atoms with Gasteiger partial charge in [0.05, 0.1) is 7.11 Å². The molecule has 2 heterocycles. The normalized spacial score (nSPS) is 11.2. The summed E-state index contributed by atoms with van der Waals surface area (Å²) in [6, 6.07) is 53.1. The van der Waals surface area contributed by atoms with Gasteiger partial charge in [-0.05, 0) is 82.4 Å². The van der Waals surface area contributed by atoms with Crippen molar-refractivity contribution in [2.45, 2.75) is 0 Å². The number of pyridine rings is 1. The Morgan fingerprint density at radius 1 is 0.500 bits per heavy atom. The Morgan fingerprint density at radius 3 is 1.72 bits per heavy atom. The van der Waals surface area contributed by atoms with Crippen molar-refractivity contribution in [3.63, 3.8) is 0 Å². The van der Waals surface area contributed by atoms with Gasteiger partial charge in [0, 0.05) is 45.8 Å². The highest BCUT2D eigenvalue weighted by atomic mass is 16.5. The Bertz CT molecular complexity index is 2270. The summed E-state index contributed by atoms with van der Waals surface area (Å²) in [4.78, 5) is 6.59. The van der Waals surface area contributed by atoms with E-state index in [1.54, 1.807) is 13.3 Å². The van der Waals surface area contributed by atoms with Crippen molar-refractivity contribution < 1.29 is 9.15 Å². The number of benzene rings is 6. The number of fused-ring (bicyclic) bond motifs is 3. The number of hydrogen-bond acceptors (Lipinski definition) is 4. The summed E-state index contributed by atoms with van der Waals surface area (Å²) in [6.07, 6.45) is 3.59. The summed E-state index contributed by atoms with van der Waals surface area (Å²) in [6.45, 7) is 0. The van der Waals surface area contributed by atoms with Gasteiger partial charge in [0.1, 0.15) is 16.9 Å². The highest BCUT2D eigenvalue weighted by Gasteiger charge is 2.16. The highest BCUT2D eigenvalue weighted by molar-refractivity contribution is 6.06. The minimum atomic E-state index is 0.811. The summed E-state index contributed by atoms with van der Waals surface area (Å²) >= 11 is 0. The molecule has 0 aliphatic rings. The number of para-hydroxylation sites is 1.